The summed E-state index contributed by atoms with van der Waals surface area (Å²) in [6.45, 7) is 2.45. The van der Waals surface area contributed by atoms with Crippen LogP contribution in [0.3, 0.4) is 0 Å². The first-order valence-electron chi connectivity index (χ1n) is 6.10. The number of aryl methyl sites for hydroxylation is 1. The van der Waals surface area contributed by atoms with Crippen LogP contribution in [0.1, 0.15) is 11.1 Å². The maximum Gasteiger partial charge on any atom is 0.178 e. The van der Waals surface area contributed by atoms with Crippen LogP contribution >= 0.6 is 0 Å². The molecule has 0 bridgehead atoms. The summed E-state index contributed by atoms with van der Waals surface area (Å²) in [7, 11) is 1.68. The van der Waals surface area contributed by atoms with Crippen LogP contribution in [0, 0.1) is 18.6 Å². The van der Waals surface area contributed by atoms with E-state index in [0.717, 1.165) is 17.2 Å². The molecule has 3 N–H and O–H groups in total. The molecule has 0 aliphatic heterocycles. The van der Waals surface area contributed by atoms with E-state index in [1.54, 1.807) is 11.9 Å². The SMILES string of the molecule is Cc1ccc(CN(C)c2nc(NN)c(F)cc2F)cc1. The van der Waals surface area contributed by atoms with E-state index >= 15 is 0 Å². The number of hydrogen-bond donors (Lipinski definition) is 2. The molecule has 2 aromatic rings. The zero-order valence-electron chi connectivity index (χ0n) is 11.3. The minimum absolute atomic E-state index is 0.0416. The number of aromatic nitrogens is 1. The van der Waals surface area contributed by atoms with Crippen LogP contribution in [0.2, 0.25) is 0 Å². The highest BCUT2D eigenvalue weighted by molar-refractivity contribution is 5.48. The van der Waals surface area contributed by atoms with E-state index in [9.17, 15) is 8.78 Å². The molecule has 0 radical (unpaired) electrons. The van der Waals surface area contributed by atoms with Crippen molar-refractivity contribution >= 4 is 11.6 Å². The molecule has 0 spiro atoms. The van der Waals surface area contributed by atoms with Gasteiger partial charge in [0.05, 0.1) is 0 Å². The highest BCUT2D eigenvalue weighted by Crippen LogP contribution is 2.22. The number of nitrogens with zero attached hydrogens (tertiary/aromatic N) is 2. The number of nitrogens with two attached hydrogens (primary N) is 1. The van der Waals surface area contributed by atoms with Gasteiger partial charge < -0.3 is 10.3 Å². The summed E-state index contributed by atoms with van der Waals surface area (Å²) in [4.78, 5) is 5.44. The quantitative estimate of drug-likeness (QED) is 0.666. The number of pyridine rings is 1. The van der Waals surface area contributed by atoms with Crippen molar-refractivity contribution in [2.75, 3.05) is 17.4 Å². The van der Waals surface area contributed by atoms with Crippen molar-refractivity contribution in [3.8, 4) is 0 Å². The molecular weight excluding hydrogens is 262 g/mol. The van der Waals surface area contributed by atoms with Gasteiger partial charge in [-0.05, 0) is 12.5 Å². The smallest absolute Gasteiger partial charge is 0.178 e. The van der Waals surface area contributed by atoms with Gasteiger partial charge in [0, 0.05) is 19.7 Å². The molecule has 6 heteroatoms. The molecule has 0 saturated carbocycles. The van der Waals surface area contributed by atoms with Crippen LogP contribution in [0.15, 0.2) is 30.3 Å². The third kappa shape index (κ3) is 3.03. The Kier molecular flexibility index (Phi) is 4.14. The summed E-state index contributed by atoms with van der Waals surface area (Å²) in [5.74, 6) is 3.46. The number of nitrogens with one attached hydrogen (secondary N) is 1. The molecule has 4 nitrogen and oxygen atoms in total. The van der Waals surface area contributed by atoms with Crippen molar-refractivity contribution in [3.05, 3.63) is 53.1 Å². The third-order valence-electron chi connectivity index (χ3n) is 2.95. The second-order valence-electron chi connectivity index (χ2n) is 4.61. The first kappa shape index (κ1) is 14.2. The summed E-state index contributed by atoms with van der Waals surface area (Å²) >= 11 is 0. The van der Waals surface area contributed by atoms with E-state index in [4.69, 9.17) is 5.84 Å². The lowest BCUT2D eigenvalue weighted by molar-refractivity contribution is 0.572. The number of anilines is 2. The van der Waals surface area contributed by atoms with Gasteiger partial charge in [-0.1, -0.05) is 29.8 Å². The van der Waals surface area contributed by atoms with Gasteiger partial charge in [-0.2, -0.15) is 0 Å². The Morgan fingerprint density at radius 3 is 2.45 bits per heavy atom. The van der Waals surface area contributed by atoms with Gasteiger partial charge in [-0.15, -0.1) is 0 Å². The van der Waals surface area contributed by atoms with Crippen LogP contribution in [0.5, 0.6) is 0 Å². The van der Waals surface area contributed by atoms with E-state index in [0.29, 0.717) is 6.54 Å². The van der Waals surface area contributed by atoms with Crippen molar-refractivity contribution < 1.29 is 8.78 Å². The van der Waals surface area contributed by atoms with E-state index in [2.05, 4.69) is 10.4 Å². The largest absolute Gasteiger partial charge is 0.353 e. The van der Waals surface area contributed by atoms with Crippen LogP contribution in [0.25, 0.3) is 0 Å². The normalized spacial score (nSPS) is 10.4. The Morgan fingerprint density at radius 2 is 1.85 bits per heavy atom. The van der Waals surface area contributed by atoms with Gasteiger partial charge in [0.15, 0.2) is 23.3 Å². The minimum Gasteiger partial charge on any atom is -0.353 e. The zero-order valence-corrected chi connectivity index (χ0v) is 11.3. The standard InChI is InChI=1S/C14H16F2N4/c1-9-3-5-10(6-4-9)8-20(2)14-12(16)7-11(15)13(18-14)19-17/h3-7H,8,17H2,1-2H3,(H,18,19). The average molecular weight is 278 g/mol. The lowest BCUT2D eigenvalue weighted by Gasteiger charge is -2.19. The molecular formula is C14H16F2N4. The molecule has 1 aromatic heterocycles. The van der Waals surface area contributed by atoms with Crippen LogP contribution in [0.4, 0.5) is 20.4 Å². The summed E-state index contributed by atoms with van der Waals surface area (Å²) < 4.78 is 27.1. The van der Waals surface area contributed by atoms with Gasteiger partial charge in [-0.25, -0.2) is 19.6 Å². The van der Waals surface area contributed by atoms with Gasteiger partial charge >= 0.3 is 0 Å². The Balaban J connectivity index is 2.24. The summed E-state index contributed by atoms with van der Waals surface area (Å²) in [5, 5.41) is 0. The fraction of sp³-hybridized carbons (Fsp3) is 0.214. The molecule has 0 amide bonds. The molecule has 20 heavy (non-hydrogen) atoms. The third-order valence-corrected chi connectivity index (χ3v) is 2.95. The van der Waals surface area contributed by atoms with Crippen LogP contribution in [-0.4, -0.2) is 12.0 Å². The van der Waals surface area contributed by atoms with E-state index in [-0.39, 0.29) is 11.6 Å². The van der Waals surface area contributed by atoms with Crippen LogP contribution in [-0.2, 0) is 6.54 Å². The maximum atomic E-state index is 13.8. The van der Waals surface area contributed by atoms with E-state index < -0.39 is 11.6 Å². The van der Waals surface area contributed by atoms with Gasteiger partial charge in [-0.3, -0.25) is 0 Å². The Labute approximate surface area is 116 Å². The van der Waals surface area contributed by atoms with Gasteiger partial charge in [0.1, 0.15) is 0 Å². The molecule has 106 valence electrons. The maximum absolute atomic E-state index is 13.8. The van der Waals surface area contributed by atoms with Crippen molar-refractivity contribution in [3.63, 3.8) is 0 Å². The number of nitrogen functional groups attached to an aromatic ring is 1. The van der Waals surface area contributed by atoms with E-state index in [1.807, 2.05) is 31.2 Å². The summed E-state index contributed by atoms with van der Waals surface area (Å²) in [5.41, 5.74) is 4.27. The Morgan fingerprint density at radius 1 is 1.20 bits per heavy atom. The fourth-order valence-electron chi connectivity index (χ4n) is 1.87. The predicted octanol–water partition coefficient (Wildman–Crippen LogP) is 2.59. The topological polar surface area (TPSA) is 54.2 Å². The number of hydrogen-bond acceptors (Lipinski definition) is 4. The van der Waals surface area contributed by atoms with Gasteiger partial charge in [0.25, 0.3) is 0 Å². The first-order chi connectivity index (χ1) is 9.51. The summed E-state index contributed by atoms with van der Waals surface area (Å²) in [6.07, 6.45) is 0. The fourth-order valence-corrected chi connectivity index (χ4v) is 1.87. The molecule has 0 saturated heterocycles. The first-order valence-corrected chi connectivity index (χ1v) is 6.10. The summed E-state index contributed by atoms with van der Waals surface area (Å²) in [6, 6.07) is 8.63. The minimum atomic E-state index is -0.822. The number of rotatable bonds is 4. The average Bonchev–Trinajstić information content (AvgIpc) is 2.41. The lowest BCUT2D eigenvalue weighted by Crippen LogP contribution is -2.21. The predicted molar refractivity (Wildman–Crippen MR) is 75.2 cm³/mol. The molecule has 0 aliphatic carbocycles. The van der Waals surface area contributed by atoms with Crippen LogP contribution < -0.4 is 16.2 Å². The number of hydrazine groups is 1. The second kappa shape index (κ2) is 5.83. The molecule has 1 aromatic carbocycles. The number of benzene rings is 1. The van der Waals surface area contributed by atoms with Crippen molar-refractivity contribution in [1.82, 2.24) is 4.98 Å². The van der Waals surface area contributed by atoms with Crippen molar-refractivity contribution in [2.24, 2.45) is 5.84 Å². The lowest BCUT2D eigenvalue weighted by atomic mass is 10.1. The van der Waals surface area contributed by atoms with Gasteiger partial charge in [0.2, 0.25) is 0 Å². The Bertz CT molecular complexity index is 599. The highest BCUT2D eigenvalue weighted by Gasteiger charge is 2.14. The molecule has 0 fully saturated rings. The zero-order chi connectivity index (χ0) is 14.7. The van der Waals surface area contributed by atoms with E-state index in [1.165, 1.54) is 0 Å². The number of halogens is 2. The highest BCUT2D eigenvalue weighted by atomic mass is 19.1. The molecule has 0 unspecified atom stereocenters. The molecule has 0 atom stereocenters. The van der Waals surface area contributed by atoms with Crippen molar-refractivity contribution in [2.45, 2.75) is 13.5 Å². The molecule has 1 heterocycles. The molecule has 2 rings (SSSR count). The molecule has 0 aliphatic rings. The Hall–Kier alpha value is -2.21. The van der Waals surface area contributed by atoms with Crippen molar-refractivity contribution in [1.29, 1.82) is 0 Å². The second-order valence-corrected chi connectivity index (χ2v) is 4.61. The monoisotopic (exact) mass is 278 g/mol.